The van der Waals surface area contributed by atoms with Crippen molar-refractivity contribution in [2.75, 3.05) is 5.73 Å². The van der Waals surface area contributed by atoms with Crippen LogP contribution in [-0.4, -0.2) is 21.8 Å². The number of pyridine rings is 1. The number of hydrogen-bond acceptors (Lipinski definition) is 7. The fraction of sp³-hybridized carbons (Fsp3) is 0.136. The SMILES string of the molecule is Nc1cnccc1CC(=O)c1ccc(CNC(=O)OCc2ccc([N+](=O)[O-])cc2)cc1. The topological polar surface area (TPSA) is 137 Å². The summed E-state index contributed by atoms with van der Waals surface area (Å²) in [4.78, 5) is 38.3. The van der Waals surface area contributed by atoms with E-state index in [1.54, 1.807) is 36.5 Å². The lowest BCUT2D eigenvalue weighted by Crippen LogP contribution is -2.23. The standard InChI is InChI=1S/C22H20N4O5/c23-20-13-24-10-9-18(20)11-21(27)17-5-1-15(2-6-17)12-25-22(28)31-14-16-3-7-19(8-4-16)26(29)30/h1-10,13H,11-12,14,23H2,(H,25,28). The average Bonchev–Trinajstić information content (AvgIpc) is 2.78. The number of nitrogen functional groups attached to an aromatic ring is 1. The minimum Gasteiger partial charge on any atom is -0.445 e. The molecule has 0 atom stereocenters. The first kappa shape index (κ1) is 21.4. The van der Waals surface area contributed by atoms with E-state index in [9.17, 15) is 19.7 Å². The third kappa shape index (κ3) is 6.10. The number of nitro groups is 1. The number of ether oxygens (including phenoxy) is 1. The first-order valence-electron chi connectivity index (χ1n) is 9.37. The van der Waals surface area contributed by atoms with Crippen LogP contribution in [0.1, 0.15) is 27.0 Å². The van der Waals surface area contributed by atoms with Crippen LogP contribution in [0.25, 0.3) is 0 Å². The lowest BCUT2D eigenvalue weighted by Gasteiger charge is -2.08. The number of nitrogens with zero attached hydrogens (tertiary/aromatic N) is 2. The largest absolute Gasteiger partial charge is 0.445 e. The van der Waals surface area contributed by atoms with Crippen molar-refractivity contribution in [2.45, 2.75) is 19.6 Å². The highest BCUT2D eigenvalue weighted by molar-refractivity contribution is 5.98. The van der Waals surface area contributed by atoms with Gasteiger partial charge in [0.15, 0.2) is 5.78 Å². The van der Waals surface area contributed by atoms with E-state index in [-0.39, 0.29) is 31.0 Å². The molecule has 0 unspecified atom stereocenters. The number of nitrogens with two attached hydrogens (primary N) is 1. The highest BCUT2D eigenvalue weighted by Crippen LogP contribution is 2.14. The molecule has 3 aromatic rings. The predicted octanol–water partition coefficient (Wildman–Crippen LogP) is 3.42. The van der Waals surface area contributed by atoms with E-state index in [1.165, 1.54) is 30.5 Å². The van der Waals surface area contributed by atoms with Gasteiger partial charge in [0.25, 0.3) is 5.69 Å². The van der Waals surface area contributed by atoms with Gasteiger partial charge < -0.3 is 15.8 Å². The Kier molecular flexibility index (Phi) is 6.89. The molecule has 3 N–H and O–H groups in total. The van der Waals surface area contributed by atoms with E-state index in [4.69, 9.17) is 10.5 Å². The quantitative estimate of drug-likeness (QED) is 0.323. The molecule has 0 saturated heterocycles. The van der Waals surface area contributed by atoms with Crippen LogP contribution in [0.3, 0.4) is 0 Å². The van der Waals surface area contributed by atoms with E-state index >= 15 is 0 Å². The summed E-state index contributed by atoms with van der Waals surface area (Å²) in [5.41, 5.74) is 8.97. The van der Waals surface area contributed by atoms with Crippen LogP contribution in [0, 0.1) is 10.1 Å². The molecule has 0 aliphatic carbocycles. The molecule has 9 heteroatoms. The van der Waals surface area contributed by atoms with Gasteiger partial charge in [0.05, 0.1) is 16.8 Å². The fourth-order valence-corrected chi connectivity index (χ4v) is 2.77. The third-order valence-corrected chi connectivity index (χ3v) is 4.53. The van der Waals surface area contributed by atoms with Crippen LogP contribution in [0.5, 0.6) is 0 Å². The van der Waals surface area contributed by atoms with Crippen molar-refractivity contribution in [1.82, 2.24) is 10.3 Å². The number of amides is 1. The second-order valence-corrected chi connectivity index (χ2v) is 6.72. The number of ketones is 1. The van der Waals surface area contributed by atoms with Crippen LogP contribution in [-0.2, 0) is 24.3 Å². The maximum Gasteiger partial charge on any atom is 0.407 e. The highest BCUT2D eigenvalue weighted by atomic mass is 16.6. The zero-order chi connectivity index (χ0) is 22.2. The molecule has 9 nitrogen and oxygen atoms in total. The number of alkyl carbamates (subject to hydrolysis) is 1. The smallest absolute Gasteiger partial charge is 0.407 e. The first-order valence-corrected chi connectivity index (χ1v) is 9.37. The number of nitrogens with one attached hydrogen (secondary N) is 1. The lowest BCUT2D eigenvalue weighted by molar-refractivity contribution is -0.384. The van der Waals surface area contributed by atoms with Crippen LogP contribution in [0.2, 0.25) is 0 Å². The number of nitro benzene ring substituents is 1. The van der Waals surface area contributed by atoms with Crippen LogP contribution < -0.4 is 11.1 Å². The summed E-state index contributed by atoms with van der Waals surface area (Å²) in [7, 11) is 0. The Hall–Kier alpha value is -4.27. The van der Waals surface area contributed by atoms with Gasteiger partial charge in [-0.3, -0.25) is 19.9 Å². The molecule has 0 radical (unpaired) electrons. The molecule has 0 fully saturated rings. The second kappa shape index (κ2) is 9.97. The van der Waals surface area contributed by atoms with Crippen molar-refractivity contribution in [3.05, 3.63) is 99.4 Å². The van der Waals surface area contributed by atoms with E-state index in [0.717, 1.165) is 11.1 Å². The van der Waals surface area contributed by atoms with Gasteiger partial charge in [-0.05, 0) is 34.9 Å². The molecule has 0 saturated carbocycles. The zero-order valence-electron chi connectivity index (χ0n) is 16.5. The maximum absolute atomic E-state index is 12.4. The van der Waals surface area contributed by atoms with E-state index in [0.29, 0.717) is 16.8 Å². The number of carbonyl (C=O) groups excluding carboxylic acids is 2. The molecule has 0 aliphatic heterocycles. The highest BCUT2D eigenvalue weighted by Gasteiger charge is 2.10. The lowest BCUT2D eigenvalue weighted by atomic mass is 10.0. The van der Waals surface area contributed by atoms with Crippen molar-refractivity contribution in [3.8, 4) is 0 Å². The molecule has 2 aromatic carbocycles. The average molecular weight is 420 g/mol. The summed E-state index contributed by atoms with van der Waals surface area (Å²) in [5.74, 6) is -0.0695. The zero-order valence-corrected chi connectivity index (χ0v) is 16.5. The van der Waals surface area contributed by atoms with Gasteiger partial charge in [-0.25, -0.2) is 4.79 Å². The minimum atomic E-state index is -0.619. The number of rotatable bonds is 8. The Morgan fingerprint density at radius 3 is 2.35 bits per heavy atom. The molecule has 1 heterocycles. The van der Waals surface area contributed by atoms with Crippen LogP contribution >= 0.6 is 0 Å². The maximum atomic E-state index is 12.4. The van der Waals surface area contributed by atoms with Gasteiger partial charge >= 0.3 is 6.09 Å². The number of anilines is 1. The number of benzene rings is 2. The second-order valence-electron chi connectivity index (χ2n) is 6.72. The number of aromatic nitrogens is 1. The third-order valence-electron chi connectivity index (χ3n) is 4.53. The number of hydrogen-bond donors (Lipinski definition) is 2. The molecule has 0 spiro atoms. The van der Waals surface area contributed by atoms with E-state index in [2.05, 4.69) is 10.3 Å². The fourth-order valence-electron chi connectivity index (χ4n) is 2.77. The van der Waals surface area contributed by atoms with Gasteiger partial charge in [0.1, 0.15) is 6.61 Å². The summed E-state index contributed by atoms with van der Waals surface area (Å²) in [6.45, 7) is 0.222. The monoisotopic (exact) mass is 420 g/mol. The van der Waals surface area contributed by atoms with Crippen LogP contribution in [0.4, 0.5) is 16.2 Å². The summed E-state index contributed by atoms with van der Waals surface area (Å²) < 4.78 is 5.10. The Labute approximate surface area is 178 Å². The summed E-state index contributed by atoms with van der Waals surface area (Å²) in [5, 5.41) is 13.3. The molecular formula is C22H20N4O5. The summed E-state index contributed by atoms with van der Waals surface area (Å²) in [6.07, 6.45) is 2.67. The Balaban J connectivity index is 1.46. The predicted molar refractivity (Wildman–Crippen MR) is 113 cm³/mol. The molecule has 0 aliphatic rings. The van der Waals surface area contributed by atoms with Crippen molar-refractivity contribution < 1.29 is 19.2 Å². The molecule has 1 aromatic heterocycles. The molecule has 1 amide bonds. The molecule has 158 valence electrons. The number of Topliss-reactive ketones (excluding diaryl/α,β-unsaturated/α-hetero) is 1. The van der Waals surface area contributed by atoms with Gasteiger partial charge in [0.2, 0.25) is 0 Å². The molecule has 3 rings (SSSR count). The Bertz CT molecular complexity index is 1080. The minimum absolute atomic E-state index is 0.00456. The molecule has 31 heavy (non-hydrogen) atoms. The Morgan fingerprint density at radius 1 is 1.03 bits per heavy atom. The van der Waals surface area contributed by atoms with Crippen molar-refractivity contribution in [1.29, 1.82) is 0 Å². The number of carbonyl (C=O) groups is 2. The van der Waals surface area contributed by atoms with Crippen LogP contribution in [0.15, 0.2) is 67.0 Å². The Morgan fingerprint density at radius 2 is 1.71 bits per heavy atom. The van der Waals surface area contributed by atoms with Crippen molar-refractivity contribution in [2.24, 2.45) is 0 Å². The van der Waals surface area contributed by atoms with Gasteiger partial charge in [-0.2, -0.15) is 0 Å². The molecule has 0 bridgehead atoms. The summed E-state index contributed by atoms with van der Waals surface area (Å²) >= 11 is 0. The summed E-state index contributed by atoms with van der Waals surface area (Å²) in [6, 6.07) is 14.4. The van der Waals surface area contributed by atoms with Crippen molar-refractivity contribution in [3.63, 3.8) is 0 Å². The van der Waals surface area contributed by atoms with E-state index < -0.39 is 11.0 Å². The van der Waals surface area contributed by atoms with Gasteiger partial charge in [-0.15, -0.1) is 0 Å². The van der Waals surface area contributed by atoms with Crippen molar-refractivity contribution >= 4 is 23.3 Å². The molecular weight excluding hydrogens is 400 g/mol. The number of non-ortho nitro benzene ring substituents is 1. The van der Waals surface area contributed by atoms with Gasteiger partial charge in [-0.1, -0.05) is 24.3 Å². The van der Waals surface area contributed by atoms with E-state index in [1.807, 2.05) is 0 Å². The first-order chi connectivity index (χ1) is 14.9. The normalized spacial score (nSPS) is 10.3. The van der Waals surface area contributed by atoms with Gasteiger partial charge in [0, 0.05) is 36.9 Å².